The van der Waals surface area contributed by atoms with Gasteiger partial charge < -0.3 is 5.73 Å². The van der Waals surface area contributed by atoms with Crippen LogP contribution in [0, 0.1) is 0 Å². The summed E-state index contributed by atoms with van der Waals surface area (Å²) in [4.78, 5) is 0.705. The number of fused-ring (bicyclic) bond motifs is 1. The number of hydrogen-bond donors (Lipinski definition) is 2. The van der Waals surface area contributed by atoms with Crippen molar-refractivity contribution in [3.05, 3.63) is 5.56 Å². The molecule has 0 atom stereocenters. The van der Waals surface area contributed by atoms with Crippen LogP contribution in [0.5, 0.6) is 0 Å². The Morgan fingerprint density at radius 2 is 2.24 bits per heavy atom. The average Bonchev–Trinajstić information content (AvgIpc) is 2.96. The van der Waals surface area contributed by atoms with Crippen LogP contribution in [0.15, 0.2) is 4.21 Å². The highest BCUT2D eigenvalue weighted by molar-refractivity contribution is 7.93. The summed E-state index contributed by atoms with van der Waals surface area (Å²) >= 11 is 1.23. The number of anilines is 1. The summed E-state index contributed by atoms with van der Waals surface area (Å²) in [6.45, 7) is 1.67. The molecule has 3 N–H and O–H groups in total. The molecule has 17 heavy (non-hydrogen) atoms. The maximum atomic E-state index is 12.1. The van der Waals surface area contributed by atoms with Crippen molar-refractivity contribution in [2.75, 3.05) is 11.5 Å². The Morgan fingerprint density at radius 1 is 1.53 bits per heavy atom. The summed E-state index contributed by atoms with van der Waals surface area (Å²) in [7, 11) is -3.17. The topological polar surface area (TPSA) is 88.8 Å². The number of hydrogen-bond acceptors (Lipinski definition) is 5. The maximum absolute atomic E-state index is 12.1. The van der Waals surface area contributed by atoms with Gasteiger partial charge in [0.25, 0.3) is 0 Å². The van der Waals surface area contributed by atoms with E-state index in [1.807, 2.05) is 0 Å². The second-order valence-electron chi connectivity index (χ2n) is 4.30. The van der Waals surface area contributed by atoms with Crippen molar-refractivity contribution in [2.24, 2.45) is 0 Å². The first kappa shape index (κ1) is 11.0. The largest absolute Gasteiger partial charge is 0.384 e. The third-order valence-corrected chi connectivity index (χ3v) is 6.54. The van der Waals surface area contributed by atoms with Crippen molar-refractivity contribution >= 4 is 37.2 Å². The number of H-pyrrole nitrogens is 1. The highest BCUT2D eigenvalue weighted by Crippen LogP contribution is 2.50. The number of sulfone groups is 1. The molecular weight excluding hydrogens is 258 g/mol. The highest BCUT2D eigenvalue weighted by Gasteiger charge is 2.35. The van der Waals surface area contributed by atoms with E-state index in [2.05, 4.69) is 10.2 Å². The van der Waals surface area contributed by atoms with Crippen LogP contribution in [-0.2, 0) is 9.84 Å². The van der Waals surface area contributed by atoms with E-state index >= 15 is 0 Å². The molecule has 1 saturated carbocycles. The van der Waals surface area contributed by atoms with Crippen LogP contribution in [0.1, 0.15) is 31.2 Å². The molecule has 2 aromatic heterocycles. The van der Waals surface area contributed by atoms with Crippen molar-refractivity contribution in [2.45, 2.75) is 29.9 Å². The van der Waals surface area contributed by atoms with Crippen LogP contribution in [0.3, 0.4) is 0 Å². The van der Waals surface area contributed by atoms with E-state index in [0.29, 0.717) is 20.8 Å². The van der Waals surface area contributed by atoms with Gasteiger partial charge >= 0.3 is 0 Å². The number of rotatable bonds is 3. The molecule has 2 aromatic rings. The SMILES string of the molecule is CCS(=O)(=O)c1sc2n[nH]c(N)c2c1C1CC1. The number of nitrogens with one attached hydrogen (secondary N) is 1. The molecule has 1 aliphatic rings. The van der Waals surface area contributed by atoms with Crippen LogP contribution in [0.2, 0.25) is 0 Å². The first-order valence-electron chi connectivity index (χ1n) is 5.53. The summed E-state index contributed by atoms with van der Waals surface area (Å²) < 4.78 is 24.6. The predicted octanol–water partition coefficient (Wildman–Crippen LogP) is 1.88. The number of nitrogens with zero attached hydrogens (tertiary/aromatic N) is 1. The van der Waals surface area contributed by atoms with Crippen molar-refractivity contribution in [3.8, 4) is 0 Å². The standard InChI is InChI=1S/C10H13N3O2S2/c1-2-17(14,15)10-6(5-3-4-5)7-8(11)12-13-9(7)16-10/h5H,2-4H2,1H3,(H3,11,12,13). The van der Waals surface area contributed by atoms with Crippen LogP contribution < -0.4 is 5.73 Å². The Bertz CT molecular complexity index is 680. The number of aromatic nitrogens is 2. The molecule has 1 aliphatic carbocycles. The molecule has 0 radical (unpaired) electrons. The Labute approximate surface area is 103 Å². The lowest BCUT2D eigenvalue weighted by Crippen LogP contribution is -2.04. The Hall–Kier alpha value is -1.08. The minimum Gasteiger partial charge on any atom is -0.384 e. The molecule has 7 heteroatoms. The lowest BCUT2D eigenvalue weighted by molar-refractivity contribution is 0.598. The molecule has 3 rings (SSSR count). The highest BCUT2D eigenvalue weighted by atomic mass is 32.2. The molecule has 5 nitrogen and oxygen atoms in total. The lowest BCUT2D eigenvalue weighted by atomic mass is 10.1. The van der Waals surface area contributed by atoms with Gasteiger partial charge in [-0.25, -0.2) is 8.42 Å². The van der Waals surface area contributed by atoms with Crippen molar-refractivity contribution in [1.82, 2.24) is 10.2 Å². The third kappa shape index (κ3) is 1.56. The third-order valence-electron chi connectivity index (χ3n) is 3.09. The Kier molecular flexibility index (Phi) is 2.24. The Morgan fingerprint density at radius 3 is 2.82 bits per heavy atom. The quantitative estimate of drug-likeness (QED) is 0.892. The van der Waals surface area contributed by atoms with Crippen molar-refractivity contribution in [3.63, 3.8) is 0 Å². The molecule has 0 unspecified atom stereocenters. The van der Waals surface area contributed by atoms with Crippen LogP contribution >= 0.6 is 11.3 Å². The van der Waals surface area contributed by atoms with Gasteiger partial charge in [0.15, 0.2) is 9.84 Å². The van der Waals surface area contributed by atoms with Gasteiger partial charge in [0.05, 0.1) is 11.1 Å². The zero-order chi connectivity index (χ0) is 12.2. The van der Waals surface area contributed by atoms with E-state index in [4.69, 9.17) is 5.73 Å². The molecular formula is C10H13N3O2S2. The van der Waals surface area contributed by atoms with Gasteiger partial charge in [-0.1, -0.05) is 6.92 Å². The minimum absolute atomic E-state index is 0.124. The molecule has 0 aliphatic heterocycles. The van der Waals surface area contributed by atoms with Gasteiger partial charge in [0.2, 0.25) is 0 Å². The zero-order valence-corrected chi connectivity index (χ0v) is 11.0. The van der Waals surface area contributed by atoms with Gasteiger partial charge in [0.1, 0.15) is 14.9 Å². The smallest absolute Gasteiger partial charge is 0.187 e. The van der Waals surface area contributed by atoms with Gasteiger partial charge in [-0.3, -0.25) is 5.10 Å². The fraction of sp³-hybridized carbons (Fsp3) is 0.500. The summed E-state index contributed by atoms with van der Waals surface area (Å²) in [6, 6.07) is 0. The van der Waals surface area contributed by atoms with E-state index in [9.17, 15) is 8.42 Å². The molecule has 1 fully saturated rings. The van der Waals surface area contributed by atoms with E-state index < -0.39 is 9.84 Å². The minimum atomic E-state index is -3.17. The van der Waals surface area contributed by atoms with E-state index in [1.165, 1.54) is 11.3 Å². The predicted molar refractivity (Wildman–Crippen MR) is 68.1 cm³/mol. The average molecular weight is 271 g/mol. The number of aromatic amines is 1. The number of nitrogen functional groups attached to an aromatic ring is 1. The van der Waals surface area contributed by atoms with E-state index in [-0.39, 0.29) is 5.75 Å². The molecule has 0 spiro atoms. The second kappa shape index (κ2) is 3.46. The van der Waals surface area contributed by atoms with Crippen molar-refractivity contribution < 1.29 is 8.42 Å². The summed E-state index contributed by atoms with van der Waals surface area (Å²) in [5, 5.41) is 7.60. The molecule has 92 valence electrons. The molecule has 0 saturated heterocycles. The fourth-order valence-corrected chi connectivity index (χ4v) is 4.95. The number of thiophene rings is 1. The summed E-state index contributed by atoms with van der Waals surface area (Å²) in [5.41, 5.74) is 6.74. The maximum Gasteiger partial charge on any atom is 0.187 e. The number of nitrogens with two attached hydrogens (primary N) is 1. The first-order chi connectivity index (χ1) is 8.04. The normalized spacial score (nSPS) is 16.8. The summed E-state index contributed by atoms with van der Waals surface area (Å²) in [5.74, 6) is 0.954. The van der Waals surface area contributed by atoms with E-state index in [1.54, 1.807) is 6.92 Å². The van der Waals surface area contributed by atoms with Crippen molar-refractivity contribution in [1.29, 1.82) is 0 Å². The first-order valence-corrected chi connectivity index (χ1v) is 8.00. The van der Waals surface area contributed by atoms with Crippen LogP contribution in [0.25, 0.3) is 10.2 Å². The van der Waals surface area contributed by atoms with Gasteiger partial charge in [-0.15, -0.1) is 11.3 Å². The van der Waals surface area contributed by atoms with Gasteiger partial charge in [-0.2, -0.15) is 5.10 Å². The Balaban J connectivity index is 2.35. The molecule has 0 amide bonds. The second-order valence-corrected chi connectivity index (χ2v) is 7.77. The monoisotopic (exact) mass is 271 g/mol. The van der Waals surface area contributed by atoms with Crippen LogP contribution in [0.4, 0.5) is 5.82 Å². The molecule has 2 heterocycles. The van der Waals surface area contributed by atoms with Gasteiger partial charge in [0, 0.05) is 0 Å². The summed E-state index contributed by atoms with van der Waals surface area (Å²) in [6.07, 6.45) is 2.09. The van der Waals surface area contributed by atoms with E-state index in [0.717, 1.165) is 23.8 Å². The molecule has 0 bridgehead atoms. The molecule has 0 aromatic carbocycles. The fourth-order valence-electron chi connectivity index (χ4n) is 2.02. The zero-order valence-electron chi connectivity index (χ0n) is 9.36. The van der Waals surface area contributed by atoms with Crippen LogP contribution in [-0.4, -0.2) is 24.4 Å². The lowest BCUT2D eigenvalue weighted by Gasteiger charge is -2.02. The van der Waals surface area contributed by atoms with Gasteiger partial charge in [-0.05, 0) is 24.3 Å².